The average Bonchev–Trinajstić information content (AvgIpc) is 2.69. The van der Waals surface area contributed by atoms with Crippen LogP contribution in [0.5, 0.6) is 0 Å². The zero-order valence-corrected chi connectivity index (χ0v) is 16.7. The molecule has 2 fully saturated rings. The minimum atomic E-state index is -0.132. The summed E-state index contributed by atoms with van der Waals surface area (Å²) >= 11 is 0. The summed E-state index contributed by atoms with van der Waals surface area (Å²) in [5.41, 5.74) is 1.11. The lowest BCUT2D eigenvalue weighted by Gasteiger charge is -2.33. The second-order valence-corrected chi connectivity index (χ2v) is 7.66. The van der Waals surface area contributed by atoms with Gasteiger partial charge in [0.15, 0.2) is 5.96 Å². The number of aromatic nitrogens is 1. The van der Waals surface area contributed by atoms with Crippen LogP contribution in [0, 0.1) is 0 Å². The Morgan fingerprint density at radius 2 is 1.93 bits per heavy atom. The van der Waals surface area contributed by atoms with Gasteiger partial charge < -0.3 is 25.5 Å². The van der Waals surface area contributed by atoms with Crippen molar-refractivity contribution in [3.05, 3.63) is 23.9 Å². The number of likely N-dealkylation sites (N-methyl/N-ethyl adjacent to an activating group) is 1. The topological polar surface area (TPSA) is 76.0 Å². The summed E-state index contributed by atoms with van der Waals surface area (Å²) in [6.45, 7) is 7.76. The molecule has 0 aromatic carbocycles. The molecular weight excluding hydrogens is 340 g/mol. The zero-order chi connectivity index (χ0) is 19.1. The number of rotatable bonds is 5. The van der Waals surface area contributed by atoms with E-state index >= 15 is 0 Å². The molecule has 0 bridgehead atoms. The Bertz CT molecular complexity index is 589. The molecule has 7 nitrogen and oxygen atoms in total. The van der Waals surface area contributed by atoms with Crippen LogP contribution < -0.4 is 15.5 Å². The van der Waals surface area contributed by atoms with E-state index in [4.69, 9.17) is 4.99 Å². The van der Waals surface area contributed by atoms with Gasteiger partial charge in [-0.15, -0.1) is 0 Å². The number of guanidine groups is 1. The van der Waals surface area contributed by atoms with Gasteiger partial charge >= 0.3 is 0 Å². The van der Waals surface area contributed by atoms with Crippen LogP contribution in [-0.2, 0) is 6.54 Å². The lowest BCUT2D eigenvalue weighted by atomic mass is 9.93. The third-order valence-electron chi connectivity index (χ3n) is 5.44. The highest BCUT2D eigenvalue weighted by molar-refractivity contribution is 5.80. The first-order valence-corrected chi connectivity index (χ1v) is 10.3. The summed E-state index contributed by atoms with van der Waals surface area (Å²) < 4.78 is 0. The van der Waals surface area contributed by atoms with Crippen LogP contribution in [0.15, 0.2) is 23.3 Å². The van der Waals surface area contributed by atoms with Crippen molar-refractivity contribution in [1.82, 2.24) is 20.5 Å². The molecule has 1 saturated carbocycles. The number of aliphatic imine (C=N–C) groups is 1. The van der Waals surface area contributed by atoms with Crippen molar-refractivity contribution < 1.29 is 5.11 Å². The van der Waals surface area contributed by atoms with Gasteiger partial charge in [0.25, 0.3) is 0 Å². The maximum atomic E-state index is 9.66. The lowest BCUT2D eigenvalue weighted by molar-refractivity contribution is 0.120. The van der Waals surface area contributed by atoms with E-state index in [1.807, 2.05) is 6.20 Å². The maximum Gasteiger partial charge on any atom is 0.191 e. The van der Waals surface area contributed by atoms with Crippen molar-refractivity contribution in [2.75, 3.05) is 44.7 Å². The van der Waals surface area contributed by atoms with Gasteiger partial charge in [-0.2, -0.15) is 0 Å². The van der Waals surface area contributed by atoms with E-state index in [1.165, 1.54) is 0 Å². The van der Waals surface area contributed by atoms with E-state index in [0.29, 0.717) is 12.6 Å². The summed E-state index contributed by atoms with van der Waals surface area (Å²) in [6.07, 6.45) is 5.54. The van der Waals surface area contributed by atoms with Crippen LogP contribution in [0.4, 0.5) is 5.82 Å². The highest BCUT2D eigenvalue weighted by Crippen LogP contribution is 2.18. The predicted octanol–water partition coefficient (Wildman–Crippen LogP) is 1.19. The molecule has 27 heavy (non-hydrogen) atoms. The molecule has 7 heteroatoms. The molecule has 3 N–H and O–H groups in total. The molecule has 1 aliphatic carbocycles. The molecule has 1 aromatic rings. The van der Waals surface area contributed by atoms with Gasteiger partial charge in [-0.1, -0.05) is 6.07 Å². The number of anilines is 1. The second kappa shape index (κ2) is 9.90. The van der Waals surface area contributed by atoms with Crippen LogP contribution in [0.25, 0.3) is 0 Å². The Balaban J connectivity index is 1.54. The highest BCUT2D eigenvalue weighted by Gasteiger charge is 2.20. The smallest absolute Gasteiger partial charge is 0.191 e. The average molecular weight is 375 g/mol. The number of hydrogen-bond donors (Lipinski definition) is 3. The Morgan fingerprint density at radius 3 is 2.56 bits per heavy atom. The number of aliphatic hydroxyl groups excluding tert-OH is 1. The summed E-state index contributed by atoms with van der Waals surface area (Å²) in [6, 6.07) is 4.63. The van der Waals surface area contributed by atoms with Gasteiger partial charge in [0, 0.05) is 45.0 Å². The zero-order valence-electron chi connectivity index (χ0n) is 16.7. The third-order valence-corrected chi connectivity index (χ3v) is 5.44. The number of pyridine rings is 1. The molecule has 0 atom stereocenters. The van der Waals surface area contributed by atoms with E-state index in [2.05, 4.69) is 51.5 Å². The first-order chi connectivity index (χ1) is 13.1. The second-order valence-electron chi connectivity index (χ2n) is 7.66. The van der Waals surface area contributed by atoms with Crippen molar-refractivity contribution in [2.45, 2.75) is 51.3 Å². The Kier molecular flexibility index (Phi) is 7.29. The van der Waals surface area contributed by atoms with Crippen LogP contribution in [0.1, 0.15) is 38.2 Å². The predicted molar refractivity (Wildman–Crippen MR) is 110 cm³/mol. The minimum absolute atomic E-state index is 0.132. The molecule has 0 amide bonds. The fraction of sp³-hybridized carbons (Fsp3) is 0.700. The summed E-state index contributed by atoms with van der Waals surface area (Å²) in [5, 5.41) is 16.5. The van der Waals surface area contributed by atoms with Crippen molar-refractivity contribution in [3.63, 3.8) is 0 Å². The molecule has 3 rings (SSSR count). The summed E-state index contributed by atoms with van der Waals surface area (Å²) in [4.78, 5) is 14.1. The summed E-state index contributed by atoms with van der Waals surface area (Å²) in [5.74, 6) is 1.91. The molecule has 1 aliphatic heterocycles. The highest BCUT2D eigenvalue weighted by atomic mass is 16.3. The normalized spacial score (nSPS) is 24.7. The van der Waals surface area contributed by atoms with Gasteiger partial charge in [0.05, 0.1) is 12.6 Å². The third kappa shape index (κ3) is 6.07. The number of nitrogens with one attached hydrogen (secondary N) is 2. The fourth-order valence-corrected chi connectivity index (χ4v) is 3.64. The summed E-state index contributed by atoms with van der Waals surface area (Å²) in [7, 11) is 2.16. The van der Waals surface area contributed by atoms with Crippen LogP contribution in [0.3, 0.4) is 0 Å². The lowest BCUT2D eigenvalue weighted by Crippen LogP contribution is -2.45. The minimum Gasteiger partial charge on any atom is -0.393 e. The van der Waals surface area contributed by atoms with E-state index in [0.717, 1.165) is 75.7 Å². The number of hydrogen-bond acceptors (Lipinski definition) is 5. The molecule has 2 aliphatic rings. The first-order valence-electron chi connectivity index (χ1n) is 10.3. The van der Waals surface area contributed by atoms with E-state index in [-0.39, 0.29) is 6.10 Å². The molecule has 1 aromatic heterocycles. The van der Waals surface area contributed by atoms with E-state index in [1.54, 1.807) is 0 Å². The van der Waals surface area contributed by atoms with Crippen molar-refractivity contribution in [2.24, 2.45) is 4.99 Å². The van der Waals surface area contributed by atoms with Gasteiger partial charge in [-0.3, -0.25) is 0 Å². The van der Waals surface area contributed by atoms with Crippen molar-refractivity contribution in [1.29, 1.82) is 0 Å². The maximum absolute atomic E-state index is 9.66. The molecule has 0 unspecified atom stereocenters. The van der Waals surface area contributed by atoms with E-state index in [9.17, 15) is 5.11 Å². The Labute approximate surface area is 162 Å². The monoisotopic (exact) mass is 374 g/mol. The van der Waals surface area contributed by atoms with Crippen LogP contribution >= 0.6 is 0 Å². The first kappa shape index (κ1) is 19.9. The molecule has 150 valence electrons. The molecule has 2 heterocycles. The van der Waals surface area contributed by atoms with Crippen LogP contribution in [0.2, 0.25) is 0 Å². The molecule has 0 spiro atoms. The Morgan fingerprint density at radius 1 is 1.19 bits per heavy atom. The SMILES string of the molecule is CCNC(=NCc1ccc(N2CCN(C)CC2)nc1)NC1CCC(O)CC1. The van der Waals surface area contributed by atoms with Gasteiger partial charge in [0.1, 0.15) is 5.82 Å². The van der Waals surface area contributed by atoms with Crippen LogP contribution in [-0.4, -0.2) is 72.9 Å². The van der Waals surface area contributed by atoms with Gasteiger partial charge in [0.2, 0.25) is 0 Å². The molecular formula is C20H34N6O. The quantitative estimate of drug-likeness (QED) is 0.531. The number of piperazine rings is 1. The molecule has 0 radical (unpaired) electrons. The van der Waals surface area contributed by atoms with Gasteiger partial charge in [-0.25, -0.2) is 9.98 Å². The van der Waals surface area contributed by atoms with Gasteiger partial charge in [-0.05, 0) is 51.3 Å². The number of nitrogens with zero attached hydrogens (tertiary/aromatic N) is 4. The van der Waals surface area contributed by atoms with Crippen molar-refractivity contribution in [3.8, 4) is 0 Å². The number of aliphatic hydroxyl groups is 1. The largest absolute Gasteiger partial charge is 0.393 e. The Hall–Kier alpha value is -1.86. The molecule has 1 saturated heterocycles. The van der Waals surface area contributed by atoms with Crippen molar-refractivity contribution >= 4 is 11.8 Å². The fourth-order valence-electron chi connectivity index (χ4n) is 3.64. The van der Waals surface area contributed by atoms with E-state index < -0.39 is 0 Å². The standard InChI is InChI=1S/C20H34N6O/c1-3-21-20(24-17-5-7-18(27)8-6-17)23-15-16-4-9-19(22-14-16)26-12-10-25(2)11-13-26/h4,9,14,17-18,27H,3,5-8,10-13,15H2,1-2H3,(H2,21,23,24).